The maximum atomic E-state index is 11.0. The number of benzene rings is 1. The van der Waals surface area contributed by atoms with E-state index >= 15 is 0 Å². The Morgan fingerprint density at radius 1 is 1.44 bits per heavy atom. The smallest absolute Gasteiger partial charge is 0.221 e. The Hall–Kier alpha value is -1.07. The predicted molar refractivity (Wildman–Crippen MR) is 65.4 cm³/mol. The van der Waals surface area contributed by atoms with Gasteiger partial charge in [0.2, 0.25) is 5.91 Å². The maximum absolute atomic E-state index is 11.0. The summed E-state index contributed by atoms with van der Waals surface area (Å²) in [5.74, 6) is -0.380. The van der Waals surface area contributed by atoms with Gasteiger partial charge in [-0.05, 0) is 26.0 Å². The summed E-state index contributed by atoms with van der Waals surface area (Å²) in [6.07, 6.45) is 0. The van der Waals surface area contributed by atoms with Gasteiger partial charge in [0.25, 0.3) is 0 Å². The molecule has 0 saturated heterocycles. The van der Waals surface area contributed by atoms with E-state index in [4.69, 9.17) is 0 Å². The fourth-order valence-corrected chi connectivity index (χ4v) is 2.28. The zero-order valence-electron chi connectivity index (χ0n) is 9.34. The molecule has 0 bridgehead atoms. The van der Waals surface area contributed by atoms with Crippen LogP contribution in [-0.2, 0) is 10.4 Å². The number of anilines is 1. The molecule has 5 heteroatoms. The Labute approximate surface area is 102 Å². The van der Waals surface area contributed by atoms with Gasteiger partial charge in [0.15, 0.2) is 0 Å². The first-order chi connectivity index (χ1) is 7.23. The van der Waals surface area contributed by atoms with Gasteiger partial charge < -0.3 is 15.5 Å². The Bertz CT molecular complexity index is 424. The summed E-state index contributed by atoms with van der Waals surface area (Å²) in [5.41, 5.74) is -0.493. The Balaban J connectivity index is 3.43. The number of aliphatic hydroxyl groups is 1. The quantitative estimate of drug-likeness (QED) is 0.732. The summed E-state index contributed by atoms with van der Waals surface area (Å²) in [7, 11) is 0. The van der Waals surface area contributed by atoms with Gasteiger partial charge >= 0.3 is 0 Å². The first-order valence-electron chi connectivity index (χ1n) is 4.75. The van der Waals surface area contributed by atoms with Crippen LogP contribution in [0.5, 0.6) is 5.75 Å². The van der Waals surface area contributed by atoms with E-state index in [9.17, 15) is 15.0 Å². The number of aromatic hydroxyl groups is 1. The number of phenolic OH excluding ortho intramolecular Hbond substituents is 1. The highest BCUT2D eigenvalue weighted by atomic mass is 79.9. The fourth-order valence-electron chi connectivity index (χ4n) is 1.47. The highest BCUT2D eigenvalue weighted by molar-refractivity contribution is 9.10. The lowest BCUT2D eigenvalue weighted by atomic mass is 9.96. The van der Waals surface area contributed by atoms with Crippen molar-refractivity contribution in [2.24, 2.45) is 0 Å². The van der Waals surface area contributed by atoms with Crippen LogP contribution in [-0.4, -0.2) is 16.1 Å². The summed E-state index contributed by atoms with van der Waals surface area (Å²) in [5, 5.41) is 22.2. The molecule has 0 atom stereocenters. The molecule has 16 heavy (non-hydrogen) atoms. The molecular formula is C11H14BrNO3. The number of hydrogen-bond donors (Lipinski definition) is 3. The number of amides is 1. The lowest BCUT2D eigenvalue weighted by Gasteiger charge is -2.23. The van der Waals surface area contributed by atoms with Gasteiger partial charge in [0, 0.05) is 17.0 Å². The average molecular weight is 288 g/mol. The maximum Gasteiger partial charge on any atom is 0.221 e. The highest BCUT2D eigenvalue weighted by Crippen LogP contribution is 2.39. The van der Waals surface area contributed by atoms with Crippen molar-refractivity contribution in [2.45, 2.75) is 26.4 Å². The molecule has 0 aliphatic rings. The molecule has 0 fully saturated rings. The van der Waals surface area contributed by atoms with Crippen LogP contribution in [0.3, 0.4) is 0 Å². The summed E-state index contributed by atoms with van der Waals surface area (Å²) in [6.45, 7) is 4.50. The van der Waals surface area contributed by atoms with E-state index in [1.165, 1.54) is 13.0 Å². The van der Waals surface area contributed by atoms with Crippen molar-refractivity contribution in [1.82, 2.24) is 0 Å². The number of hydrogen-bond acceptors (Lipinski definition) is 3. The Kier molecular flexibility index (Phi) is 3.60. The minimum atomic E-state index is -1.17. The van der Waals surface area contributed by atoms with E-state index in [0.29, 0.717) is 10.0 Å². The van der Waals surface area contributed by atoms with Crippen molar-refractivity contribution in [3.05, 3.63) is 22.2 Å². The van der Waals surface area contributed by atoms with Gasteiger partial charge in [0.05, 0.1) is 11.3 Å². The molecule has 0 aliphatic carbocycles. The van der Waals surface area contributed by atoms with Crippen LogP contribution >= 0.6 is 15.9 Å². The number of halogens is 1. The predicted octanol–water partition coefficient (Wildman–Crippen LogP) is 2.34. The lowest BCUT2D eigenvalue weighted by Crippen LogP contribution is -2.20. The molecule has 0 heterocycles. The van der Waals surface area contributed by atoms with Crippen molar-refractivity contribution in [3.63, 3.8) is 0 Å². The fraction of sp³-hybridized carbons (Fsp3) is 0.364. The molecule has 0 radical (unpaired) electrons. The van der Waals surface area contributed by atoms with Gasteiger partial charge in [-0.3, -0.25) is 4.79 Å². The normalized spacial score (nSPS) is 11.3. The first-order valence-corrected chi connectivity index (χ1v) is 5.54. The second kappa shape index (κ2) is 4.43. The third-order valence-electron chi connectivity index (χ3n) is 2.05. The monoisotopic (exact) mass is 287 g/mol. The number of rotatable bonds is 2. The van der Waals surface area contributed by atoms with Gasteiger partial charge in [-0.15, -0.1) is 0 Å². The molecule has 3 N–H and O–H groups in total. The lowest BCUT2D eigenvalue weighted by molar-refractivity contribution is -0.114. The van der Waals surface area contributed by atoms with E-state index in [1.54, 1.807) is 19.9 Å². The van der Waals surface area contributed by atoms with E-state index < -0.39 is 5.60 Å². The van der Waals surface area contributed by atoms with Crippen molar-refractivity contribution < 1.29 is 15.0 Å². The van der Waals surface area contributed by atoms with Crippen molar-refractivity contribution >= 4 is 27.5 Å². The Morgan fingerprint density at radius 3 is 2.44 bits per heavy atom. The molecular weight excluding hydrogens is 274 g/mol. The van der Waals surface area contributed by atoms with Crippen molar-refractivity contribution in [2.75, 3.05) is 5.32 Å². The molecule has 0 unspecified atom stereocenters. The number of phenols is 1. The van der Waals surface area contributed by atoms with Crippen LogP contribution in [0.1, 0.15) is 26.3 Å². The number of carbonyl (C=O) groups excluding carboxylic acids is 1. The molecule has 0 aliphatic heterocycles. The Morgan fingerprint density at radius 2 is 2.00 bits per heavy atom. The van der Waals surface area contributed by atoms with Gasteiger partial charge in [-0.1, -0.05) is 15.9 Å². The first kappa shape index (κ1) is 13.0. The van der Waals surface area contributed by atoms with Crippen molar-refractivity contribution in [1.29, 1.82) is 0 Å². The standard InChI is InChI=1S/C11H14BrNO3/c1-6(14)13-10-8(15)5-4-7(12)9(10)11(2,3)16/h4-5,15-16H,1-3H3,(H,13,14). The molecule has 0 spiro atoms. The molecule has 0 aromatic heterocycles. The highest BCUT2D eigenvalue weighted by Gasteiger charge is 2.25. The van der Waals surface area contributed by atoms with Crippen LogP contribution in [0.4, 0.5) is 5.69 Å². The van der Waals surface area contributed by atoms with Gasteiger partial charge in [0.1, 0.15) is 5.75 Å². The van der Waals surface area contributed by atoms with E-state index in [1.807, 2.05) is 0 Å². The zero-order valence-corrected chi connectivity index (χ0v) is 10.9. The van der Waals surface area contributed by atoms with Gasteiger partial charge in [-0.25, -0.2) is 0 Å². The third kappa shape index (κ3) is 2.74. The molecule has 1 aromatic rings. The topological polar surface area (TPSA) is 69.6 Å². The molecule has 88 valence electrons. The zero-order chi connectivity index (χ0) is 12.5. The molecule has 1 amide bonds. The third-order valence-corrected chi connectivity index (χ3v) is 2.71. The number of carbonyl (C=O) groups is 1. The summed E-state index contributed by atoms with van der Waals surface area (Å²) < 4.78 is 0.626. The molecule has 0 saturated carbocycles. The van der Waals surface area contributed by atoms with E-state index in [-0.39, 0.29) is 17.3 Å². The minimum absolute atomic E-state index is 0.0736. The second-order valence-electron chi connectivity index (χ2n) is 4.06. The summed E-state index contributed by atoms with van der Waals surface area (Å²) >= 11 is 3.28. The van der Waals surface area contributed by atoms with Crippen LogP contribution in [0.15, 0.2) is 16.6 Å². The largest absolute Gasteiger partial charge is 0.506 e. The van der Waals surface area contributed by atoms with Gasteiger partial charge in [-0.2, -0.15) is 0 Å². The molecule has 1 rings (SSSR count). The van der Waals surface area contributed by atoms with Crippen molar-refractivity contribution in [3.8, 4) is 5.75 Å². The summed E-state index contributed by atoms with van der Waals surface area (Å²) in [4.78, 5) is 11.0. The molecule has 1 aromatic carbocycles. The van der Waals surface area contributed by atoms with Crippen LogP contribution in [0.2, 0.25) is 0 Å². The van der Waals surface area contributed by atoms with E-state index in [2.05, 4.69) is 21.2 Å². The SMILES string of the molecule is CC(=O)Nc1c(O)ccc(Br)c1C(C)(C)O. The van der Waals surface area contributed by atoms with Crippen LogP contribution < -0.4 is 5.32 Å². The average Bonchev–Trinajstić information content (AvgIpc) is 2.08. The second-order valence-corrected chi connectivity index (χ2v) is 4.91. The summed E-state index contributed by atoms with van der Waals surface area (Å²) in [6, 6.07) is 3.07. The minimum Gasteiger partial charge on any atom is -0.506 e. The van der Waals surface area contributed by atoms with Crippen LogP contribution in [0.25, 0.3) is 0 Å². The molecule has 4 nitrogen and oxygen atoms in total. The number of nitrogens with one attached hydrogen (secondary N) is 1. The van der Waals surface area contributed by atoms with Crippen LogP contribution in [0, 0.1) is 0 Å². The van der Waals surface area contributed by atoms with E-state index in [0.717, 1.165) is 0 Å².